The van der Waals surface area contributed by atoms with Gasteiger partial charge in [0, 0.05) is 19.6 Å². The Labute approximate surface area is 204 Å². The summed E-state index contributed by atoms with van der Waals surface area (Å²) in [4.78, 5) is 15.0. The molecule has 1 fully saturated rings. The molecule has 0 aliphatic carbocycles. The smallest absolute Gasteiger partial charge is 0.225 e. The number of furan rings is 1. The molecule has 1 saturated heterocycles. The highest BCUT2D eigenvalue weighted by molar-refractivity contribution is 5.79. The van der Waals surface area contributed by atoms with E-state index in [1.54, 1.807) is 6.26 Å². The number of piperidine rings is 1. The first-order chi connectivity index (χ1) is 17.2. The summed E-state index contributed by atoms with van der Waals surface area (Å²) in [5, 5.41) is 11.7. The maximum absolute atomic E-state index is 12.9. The topological polar surface area (TPSA) is 80.5 Å². The minimum Gasteiger partial charge on any atom is -0.489 e. The molecule has 0 saturated carbocycles. The van der Waals surface area contributed by atoms with Crippen molar-refractivity contribution in [1.29, 1.82) is 0 Å². The van der Waals surface area contributed by atoms with Crippen molar-refractivity contribution in [1.82, 2.24) is 15.5 Å². The first-order valence-corrected chi connectivity index (χ1v) is 11.9. The van der Waals surface area contributed by atoms with Crippen LogP contribution in [0.1, 0.15) is 24.0 Å². The fraction of sp³-hybridized carbons (Fsp3) is 0.250. The first kappa shape index (κ1) is 22.7. The SMILES string of the molecule is O=C(NCc1ccc(OCc2ccccc2)cc1)C1CCCN(c2ccc(-c3ccco3)nn2)C1. The van der Waals surface area contributed by atoms with Gasteiger partial charge in [-0.2, -0.15) is 0 Å². The van der Waals surface area contributed by atoms with Crippen molar-refractivity contribution in [3.05, 3.63) is 96.3 Å². The fourth-order valence-corrected chi connectivity index (χ4v) is 4.23. The third-order valence-corrected chi connectivity index (χ3v) is 6.18. The lowest BCUT2D eigenvalue weighted by Gasteiger charge is -2.32. The molecule has 1 aliphatic rings. The van der Waals surface area contributed by atoms with E-state index in [1.807, 2.05) is 78.9 Å². The summed E-state index contributed by atoms with van der Waals surface area (Å²) in [6.45, 7) is 2.52. The molecular formula is C28H28N4O3. The molecule has 1 atom stereocenters. The van der Waals surface area contributed by atoms with Crippen molar-refractivity contribution in [2.75, 3.05) is 18.0 Å². The molecule has 1 amide bonds. The molecule has 178 valence electrons. The van der Waals surface area contributed by atoms with Crippen molar-refractivity contribution in [2.24, 2.45) is 5.92 Å². The second-order valence-electron chi connectivity index (χ2n) is 8.68. The van der Waals surface area contributed by atoms with E-state index in [1.165, 1.54) is 0 Å². The summed E-state index contributed by atoms with van der Waals surface area (Å²) in [7, 11) is 0. The summed E-state index contributed by atoms with van der Waals surface area (Å²) in [6, 6.07) is 25.5. The monoisotopic (exact) mass is 468 g/mol. The molecule has 2 aromatic heterocycles. The Morgan fingerprint density at radius 1 is 0.971 bits per heavy atom. The van der Waals surface area contributed by atoms with Crippen molar-refractivity contribution in [2.45, 2.75) is 26.0 Å². The number of amides is 1. The summed E-state index contributed by atoms with van der Waals surface area (Å²) in [5.74, 6) is 2.27. The van der Waals surface area contributed by atoms with Gasteiger partial charge >= 0.3 is 0 Å². The number of nitrogens with zero attached hydrogens (tertiary/aromatic N) is 3. The van der Waals surface area contributed by atoms with Crippen LogP contribution in [0.2, 0.25) is 0 Å². The second kappa shape index (κ2) is 10.9. The number of aromatic nitrogens is 2. The van der Waals surface area contributed by atoms with Crippen LogP contribution in [0, 0.1) is 5.92 Å². The highest BCUT2D eigenvalue weighted by Crippen LogP contribution is 2.24. The molecule has 7 nitrogen and oxygen atoms in total. The maximum atomic E-state index is 12.9. The Morgan fingerprint density at radius 3 is 2.57 bits per heavy atom. The van der Waals surface area contributed by atoms with Gasteiger partial charge < -0.3 is 19.4 Å². The molecule has 0 bridgehead atoms. The molecular weight excluding hydrogens is 440 g/mol. The standard InChI is InChI=1S/C28H28N4O3/c33-28(29-18-21-10-12-24(13-11-21)35-20-22-6-2-1-3-7-22)23-8-4-16-32(19-23)27-15-14-25(30-31-27)26-9-5-17-34-26/h1-3,5-7,9-15,17,23H,4,8,16,18-20H2,(H,29,33). The van der Waals surface area contributed by atoms with E-state index in [0.29, 0.717) is 31.2 Å². The van der Waals surface area contributed by atoms with Crippen molar-refractivity contribution < 1.29 is 13.9 Å². The van der Waals surface area contributed by atoms with Gasteiger partial charge in [0.05, 0.1) is 12.2 Å². The van der Waals surface area contributed by atoms with Crippen LogP contribution in [0.15, 0.2) is 89.5 Å². The summed E-state index contributed by atoms with van der Waals surface area (Å²) >= 11 is 0. The van der Waals surface area contributed by atoms with E-state index in [-0.39, 0.29) is 11.8 Å². The number of hydrogen-bond acceptors (Lipinski definition) is 6. The van der Waals surface area contributed by atoms with Crippen LogP contribution in [0.25, 0.3) is 11.5 Å². The Bertz CT molecular complexity index is 1210. The number of carbonyl (C=O) groups excluding carboxylic acids is 1. The molecule has 1 N–H and O–H groups in total. The molecule has 0 radical (unpaired) electrons. The number of hydrogen-bond donors (Lipinski definition) is 1. The zero-order valence-corrected chi connectivity index (χ0v) is 19.5. The van der Waals surface area contributed by atoms with Gasteiger partial charge in [0.1, 0.15) is 18.1 Å². The van der Waals surface area contributed by atoms with Gasteiger partial charge in [0.25, 0.3) is 0 Å². The van der Waals surface area contributed by atoms with Crippen LogP contribution in [-0.2, 0) is 17.9 Å². The van der Waals surface area contributed by atoms with Crippen molar-refractivity contribution in [3.8, 4) is 17.2 Å². The van der Waals surface area contributed by atoms with Crippen LogP contribution in [0.4, 0.5) is 5.82 Å². The maximum Gasteiger partial charge on any atom is 0.225 e. The predicted molar refractivity (Wildman–Crippen MR) is 134 cm³/mol. The van der Waals surface area contributed by atoms with Gasteiger partial charge in [0.2, 0.25) is 5.91 Å². The number of benzene rings is 2. The minimum atomic E-state index is -0.0798. The second-order valence-corrected chi connectivity index (χ2v) is 8.68. The number of carbonyl (C=O) groups is 1. The molecule has 2 aromatic carbocycles. The summed E-state index contributed by atoms with van der Waals surface area (Å²) in [5.41, 5.74) is 2.86. The number of ether oxygens (including phenoxy) is 1. The van der Waals surface area contributed by atoms with Crippen LogP contribution < -0.4 is 15.0 Å². The molecule has 3 heterocycles. The molecule has 1 aliphatic heterocycles. The Kier molecular flexibility index (Phi) is 7.03. The molecule has 1 unspecified atom stereocenters. The Balaban J connectivity index is 1.11. The Morgan fingerprint density at radius 2 is 1.83 bits per heavy atom. The van der Waals surface area contributed by atoms with Crippen LogP contribution in [0.5, 0.6) is 5.75 Å². The Hall–Kier alpha value is -4.13. The zero-order valence-electron chi connectivity index (χ0n) is 19.5. The third kappa shape index (κ3) is 5.87. The molecule has 0 spiro atoms. The highest BCUT2D eigenvalue weighted by atomic mass is 16.5. The molecule has 7 heteroatoms. The van der Waals surface area contributed by atoms with E-state index in [9.17, 15) is 4.79 Å². The number of nitrogens with one attached hydrogen (secondary N) is 1. The van der Waals surface area contributed by atoms with E-state index in [4.69, 9.17) is 9.15 Å². The van der Waals surface area contributed by atoms with Gasteiger partial charge in [-0.05, 0) is 60.4 Å². The van der Waals surface area contributed by atoms with Gasteiger partial charge in [-0.15, -0.1) is 10.2 Å². The zero-order chi connectivity index (χ0) is 23.9. The molecule has 4 aromatic rings. The average Bonchev–Trinajstić information content (AvgIpc) is 3.47. The van der Waals surface area contributed by atoms with Crippen LogP contribution in [-0.4, -0.2) is 29.2 Å². The van der Waals surface area contributed by atoms with Crippen molar-refractivity contribution in [3.63, 3.8) is 0 Å². The number of anilines is 1. The quantitative estimate of drug-likeness (QED) is 0.398. The minimum absolute atomic E-state index is 0.0688. The largest absolute Gasteiger partial charge is 0.489 e. The highest BCUT2D eigenvalue weighted by Gasteiger charge is 2.26. The fourth-order valence-electron chi connectivity index (χ4n) is 4.23. The lowest BCUT2D eigenvalue weighted by Crippen LogP contribution is -2.43. The lowest BCUT2D eigenvalue weighted by molar-refractivity contribution is -0.125. The van der Waals surface area contributed by atoms with Crippen LogP contribution >= 0.6 is 0 Å². The van der Waals surface area contributed by atoms with E-state index >= 15 is 0 Å². The third-order valence-electron chi connectivity index (χ3n) is 6.18. The van der Waals surface area contributed by atoms with Gasteiger partial charge in [0.15, 0.2) is 11.6 Å². The molecule has 35 heavy (non-hydrogen) atoms. The lowest BCUT2D eigenvalue weighted by atomic mass is 9.97. The van der Waals surface area contributed by atoms with Gasteiger partial charge in [-0.25, -0.2) is 0 Å². The van der Waals surface area contributed by atoms with Crippen molar-refractivity contribution >= 4 is 11.7 Å². The first-order valence-electron chi connectivity index (χ1n) is 11.9. The normalized spacial score (nSPS) is 15.5. The summed E-state index contributed by atoms with van der Waals surface area (Å²) in [6.07, 6.45) is 3.42. The predicted octanol–water partition coefficient (Wildman–Crippen LogP) is 4.85. The summed E-state index contributed by atoms with van der Waals surface area (Å²) < 4.78 is 11.2. The number of rotatable bonds is 8. The van der Waals surface area contributed by atoms with E-state index in [0.717, 1.165) is 42.1 Å². The van der Waals surface area contributed by atoms with Gasteiger partial charge in [-0.1, -0.05) is 42.5 Å². The van der Waals surface area contributed by atoms with E-state index in [2.05, 4.69) is 20.4 Å². The van der Waals surface area contributed by atoms with Crippen LogP contribution in [0.3, 0.4) is 0 Å². The average molecular weight is 469 g/mol. The molecule has 5 rings (SSSR count). The van der Waals surface area contributed by atoms with Gasteiger partial charge in [-0.3, -0.25) is 4.79 Å². The van der Waals surface area contributed by atoms with E-state index < -0.39 is 0 Å².